The number of hydrogen-bond acceptors (Lipinski definition) is 4. The van der Waals surface area contributed by atoms with Gasteiger partial charge in [-0.3, -0.25) is 0 Å². The van der Waals surface area contributed by atoms with Crippen molar-refractivity contribution in [2.45, 2.75) is 32.8 Å². The van der Waals surface area contributed by atoms with Crippen molar-refractivity contribution in [3.8, 4) is 0 Å². The Morgan fingerprint density at radius 2 is 2.19 bits per heavy atom. The topological polar surface area (TPSA) is 46.0 Å². The van der Waals surface area contributed by atoms with E-state index in [9.17, 15) is 5.11 Å². The van der Waals surface area contributed by atoms with E-state index in [1.165, 1.54) is 0 Å². The van der Waals surface area contributed by atoms with Gasteiger partial charge in [0.2, 0.25) is 0 Å². The number of aliphatic hydroxyl groups excluding tert-OH is 1. The molecule has 16 heavy (non-hydrogen) atoms. The van der Waals surface area contributed by atoms with Crippen LogP contribution in [0.25, 0.3) is 10.2 Å². The predicted molar refractivity (Wildman–Crippen MR) is 66.6 cm³/mol. The van der Waals surface area contributed by atoms with E-state index in [4.69, 9.17) is 0 Å². The zero-order valence-electron chi connectivity index (χ0n) is 9.55. The van der Waals surface area contributed by atoms with Crippen LogP contribution in [-0.2, 0) is 6.42 Å². The zero-order chi connectivity index (χ0) is 11.5. The normalized spacial score (nSPS) is 13.5. The van der Waals surface area contributed by atoms with Crippen LogP contribution in [0.5, 0.6) is 0 Å². The second-order valence-corrected chi connectivity index (χ2v) is 5.34. The molecule has 0 saturated carbocycles. The van der Waals surface area contributed by atoms with Crippen LogP contribution in [-0.4, -0.2) is 21.2 Å². The SMILES string of the molecule is CC(C)CC(O)Cc1ncnc2sccc12. The lowest BCUT2D eigenvalue weighted by atomic mass is 10.0. The second kappa shape index (κ2) is 4.89. The molecule has 86 valence electrons. The summed E-state index contributed by atoms with van der Waals surface area (Å²) >= 11 is 1.61. The molecule has 2 rings (SSSR count). The van der Waals surface area contributed by atoms with Gasteiger partial charge in [-0.2, -0.15) is 0 Å². The summed E-state index contributed by atoms with van der Waals surface area (Å²) in [7, 11) is 0. The van der Waals surface area contributed by atoms with E-state index in [1.807, 2.05) is 11.4 Å². The maximum atomic E-state index is 9.91. The molecule has 1 unspecified atom stereocenters. The smallest absolute Gasteiger partial charge is 0.126 e. The van der Waals surface area contributed by atoms with Crippen LogP contribution < -0.4 is 0 Å². The largest absolute Gasteiger partial charge is 0.393 e. The van der Waals surface area contributed by atoms with Crippen molar-refractivity contribution < 1.29 is 5.11 Å². The number of aliphatic hydroxyl groups is 1. The fourth-order valence-corrected chi connectivity index (χ4v) is 2.61. The lowest BCUT2D eigenvalue weighted by Crippen LogP contribution is -2.14. The Morgan fingerprint density at radius 1 is 1.38 bits per heavy atom. The molecule has 0 spiro atoms. The summed E-state index contributed by atoms with van der Waals surface area (Å²) in [5.74, 6) is 0.509. The van der Waals surface area contributed by atoms with E-state index in [-0.39, 0.29) is 6.10 Å². The molecule has 1 N–H and O–H groups in total. The van der Waals surface area contributed by atoms with Crippen LogP contribution in [0.3, 0.4) is 0 Å². The van der Waals surface area contributed by atoms with Crippen molar-refractivity contribution in [2.24, 2.45) is 5.92 Å². The monoisotopic (exact) mass is 236 g/mol. The molecule has 0 amide bonds. The van der Waals surface area contributed by atoms with Gasteiger partial charge in [0.05, 0.1) is 11.8 Å². The number of hydrogen-bond donors (Lipinski definition) is 1. The molecule has 0 aliphatic heterocycles. The van der Waals surface area contributed by atoms with Gasteiger partial charge in [0.15, 0.2) is 0 Å². The van der Waals surface area contributed by atoms with Gasteiger partial charge in [0, 0.05) is 11.8 Å². The highest BCUT2D eigenvalue weighted by atomic mass is 32.1. The third-order valence-electron chi connectivity index (χ3n) is 2.52. The first-order chi connectivity index (χ1) is 7.66. The van der Waals surface area contributed by atoms with Crippen LogP contribution in [0.4, 0.5) is 0 Å². The minimum Gasteiger partial charge on any atom is -0.393 e. The summed E-state index contributed by atoms with van der Waals surface area (Å²) in [6.07, 6.45) is 2.71. The molecule has 2 heterocycles. The molecule has 0 saturated heterocycles. The summed E-state index contributed by atoms with van der Waals surface area (Å²) in [6.45, 7) is 4.23. The Morgan fingerprint density at radius 3 is 2.94 bits per heavy atom. The standard InChI is InChI=1S/C12H16N2OS/c1-8(2)5-9(15)6-11-10-3-4-16-12(10)14-7-13-11/h3-4,7-9,15H,5-6H2,1-2H3. The highest BCUT2D eigenvalue weighted by Crippen LogP contribution is 2.22. The lowest BCUT2D eigenvalue weighted by Gasteiger charge is -2.12. The molecule has 2 aromatic rings. The summed E-state index contributed by atoms with van der Waals surface area (Å²) in [5.41, 5.74) is 0.958. The molecular formula is C12H16N2OS. The number of aromatic nitrogens is 2. The molecule has 4 heteroatoms. The number of rotatable bonds is 4. The maximum Gasteiger partial charge on any atom is 0.126 e. The van der Waals surface area contributed by atoms with Crippen molar-refractivity contribution in [1.29, 1.82) is 0 Å². The Balaban J connectivity index is 2.17. The molecular weight excluding hydrogens is 220 g/mol. The Labute approximate surface area is 99.2 Å². The molecule has 0 aliphatic carbocycles. The van der Waals surface area contributed by atoms with Crippen LogP contribution in [0.15, 0.2) is 17.8 Å². The summed E-state index contributed by atoms with van der Waals surface area (Å²) < 4.78 is 0. The first-order valence-electron chi connectivity index (χ1n) is 5.52. The van der Waals surface area contributed by atoms with Crippen molar-refractivity contribution in [1.82, 2.24) is 9.97 Å². The molecule has 1 atom stereocenters. The summed E-state index contributed by atoms with van der Waals surface area (Å²) in [5, 5.41) is 13.0. The van der Waals surface area contributed by atoms with Gasteiger partial charge in [-0.25, -0.2) is 9.97 Å². The second-order valence-electron chi connectivity index (χ2n) is 4.45. The average molecular weight is 236 g/mol. The fraction of sp³-hybridized carbons (Fsp3) is 0.500. The molecule has 0 aromatic carbocycles. The Bertz CT molecular complexity index is 467. The number of nitrogens with zero attached hydrogens (tertiary/aromatic N) is 2. The quantitative estimate of drug-likeness (QED) is 0.887. The van der Waals surface area contributed by atoms with Crippen LogP contribution in [0.2, 0.25) is 0 Å². The summed E-state index contributed by atoms with van der Waals surface area (Å²) in [6, 6.07) is 2.03. The van der Waals surface area contributed by atoms with E-state index < -0.39 is 0 Å². The number of fused-ring (bicyclic) bond motifs is 1. The van der Waals surface area contributed by atoms with Gasteiger partial charge in [0.1, 0.15) is 11.2 Å². The van der Waals surface area contributed by atoms with E-state index in [2.05, 4.69) is 23.8 Å². The minimum absolute atomic E-state index is 0.307. The van der Waals surface area contributed by atoms with Crippen LogP contribution in [0.1, 0.15) is 26.0 Å². The van der Waals surface area contributed by atoms with Gasteiger partial charge in [-0.1, -0.05) is 13.8 Å². The zero-order valence-corrected chi connectivity index (χ0v) is 10.4. The number of thiophene rings is 1. The van der Waals surface area contributed by atoms with E-state index in [0.717, 1.165) is 22.3 Å². The van der Waals surface area contributed by atoms with E-state index in [0.29, 0.717) is 12.3 Å². The molecule has 0 bridgehead atoms. The fourth-order valence-electron chi connectivity index (χ4n) is 1.85. The third kappa shape index (κ3) is 2.57. The highest BCUT2D eigenvalue weighted by Gasteiger charge is 2.12. The molecule has 3 nitrogen and oxygen atoms in total. The maximum absolute atomic E-state index is 9.91. The summed E-state index contributed by atoms with van der Waals surface area (Å²) in [4.78, 5) is 9.46. The van der Waals surface area contributed by atoms with E-state index in [1.54, 1.807) is 17.7 Å². The van der Waals surface area contributed by atoms with Gasteiger partial charge < -0.3 is 5.11 Å². The van der Waals surface area contributed by atoms with Crippen LogP contribution >= 0.6 is 11.3 Å². The molecule has 0 fully saturated rings. The van der Waals surface area contributed by atoms with Crippen molar-refractivity contribution in [2.75, 3.05) is 0 Å². The average Bonchev–Trinajstić information content (AvgIpc) is 2.65. The van der Waals surface area contributed by atoms with Crippen LogP contribution in [0, 0.1) is 5.92 Å². The lowest BCUT2D eigenvalue weighted by molar-refractivity contribution is 0.148. The highest BCUT2D eigenvalue weighted by molar-refractivity contribution is 7.16. The van der Waals surface area contributed by atoms with Gasteiger partial charge in [-0.15, -0.1) is 11.3 Å². The van der Waals surface area contributed by atoms with E-state index >= 15 is 0 Å². The molecule has 2 aromatic heterocycles. The van der Waals surface area contributed by atoms with Crippen molar-refractivity contribution in [3.63, 3.8) is 0 Å². The van der Waals surface area contributed by atoms with Gasteiger partial charge in [-0.05, 0) is 23.8 Å². The third-order valence-corrected chi connectivity index (χ3v) is 3.34. The minimum atomic E-state index is -0.307. The molecule has 0 radical (unpaired) electrons. The molecule has 0 aliphatic rings. The Hall–Kier alpha value is -1.00. The predicted octanol–water partition coefficient (Wildman–Crippen LogP) is 2.64. The van der Waals surface area contributed by atoms with Crippen molar-refractivity contribution in [3.05, 3.63) is 23.5 Å². The first-order valence-corrected chi connectivity index (χ1v) is 6.40. The van der Waals surface area contributed by atoms with Gasteiger partial charge in [0.25, 0.3) is 0 Å². The Kier molecular flexibility index (Phi) is 3.51. The first kappa shape index (κ1) is 11.5. The van der Waals surface area contributed by atoms with Gasteiger partial charge >= 0.3 is 0 Å². The van der Waals surface area contributed by atoms with Crippen molar-refractivity contribution >= 4 is 21.6 Å².